The topological polar surface area (TPSA) is 77.1 Å². The van der Waals surface area contributed by atoms with Crippen LogP contribution in [0.5, 0.6) is 5.75 Å². The third-order valence-corrected chi connectivity index (χ3v) is 6.25. The van der Waals surface area contributed by atoms with Gasteiger partial charge in [-0.3, -0.25) is 4.79 Å². The van der Waals surface area contributed by atoms with E-state index in [0.717, 1.165) is 36.4 Å². The summed E-state index contributed by atoms with van der Waals surface area (Å²) in [5, 5.41) is 3.46. The van der Waals surface area contributed by atoms with E-state index < -0.39 is 5.97 Å². The van der Waals surface area contributed by atoms with Gasteiger partial charge in [0.05, 0.1) is 25.4 Å². The Morgan fingerprint density at radius 3 is 2.59 bits per heavy atom. The molecule has 1 N–H and O–H groups in total. The van der Waals surface area contributed by atoms with Crippen LogP contribution in [0.25, 0.3) is 0 Å². The quantitative estimate of drug-likeness (QED) is 0.370. The van der Waals surface area contributed by atoms with E-state index in [1.807, 2.05) is 6.07 Å². The number of hydrogen-bond donors (Lipinski definition) is 1. The molecule has 0 bridgehead atoms. The molecule has 2 unspecified atom stereocenters. The van der Waals surface area contributed by atoms with Crippen molar-refractivity contribution in [1.82, 2.24) is 4.90 Å². The number of ether oxygens (including phenoxy) is 3. The number of carbonyl (C=O) groups excluding carboxylic acids is 2. The molecule has 2 heterocycles. The third-order valence-electron chi connectivity index (χ3n) is 6.25. The normalized spacial score (nSPS) is 20.2. The number of hydrogen-bond acceptors (Lipinski definition) is 7. The first-order valence-corrected chi connectivity index (χ1v) is 11.3. The average molecular weight is 445 g/mol. The van der Waals surface area contributed by atoms with Gasteiger partial charge in [-0.15, -0.1) is 0 Å². The fourth-order valence-electron chi connectivity index (χ4n) is 4.60. The minimum absolute atomic E-state index is 0.0570. The summed E-state index contributed by atoms with van der Waals surface area (Å²) >= 11 is 0. The number of nitrogens with zero attached hydrogens (tertiary/aromatic N) is 1. The van der Waals surface area contributed by atoms with Gasteiger partial charge in [-0.1, -0.05) is 20.8 Å². The number of esters is 1. The molecule has 7 nitrogen and oxygen atoms in total. The second kappa shape index (κ2) is 9.94. The summed E-state index contributed by atoms with van der Waals surface area (Å²) in [5.41, 5.74) is 3.33. The summed E-state index contributed by atoms with van der Waals surface area (Å²) < 4.78 is 16.0. The molecule has 0 amide bonds. The van der Waals surface area contributed by atoms with Gasteiger partial charge in [0.15, 0.2) is 5.78 Å². The van der Waals surface area contributed by atoms with E-state index in [1.165, 1.54) is 5.56 Å². The zero-order valence-electron chi connectivity index (χ0n) is 20.1. The second-order valence-corrected chi connectivity index (χ2v) is 9.46. The molecule has 0 aromatic heterocycles. The number of nitrogens with one attached hydrogen (secondary N) is 1. The first-order chi connectivity index (χ1) is 15.2. The summed E-state index contributed by atoms with van der Waals surface area (Å²) in [6, 6.07) is 4.20. The Bertz CT molecular complexity index is 887. The Hall–Kier alpha value is -2.54. The van der Waals surface area contributed by atoms with Gasteiger partial charge in [-0.05, 0) is 48.4 Å². The van der Waals surface area contributed by atoms with E-state index in [9.17, 15) is 9.59 Å². The van der Waals surface area contributed by atoms with Gasteiger partial charge in [0.25, 0.3) is 0 Å². The fraction of sp³-hybridized carbons (Fsp3) is 0.600. The second-order valence-electron chi connectivity index (χ2n) is 9.46. The summed E-state index contributed by atoms with van der Waals surface area (Å²) in [7, 11) is 3.36. The fourth-order valence-corrected chi connectivity index (χ4v) is 4.60. The number of ketones is 1. The van der Waals surface area contributed by atoms with Crippen LogP contribution in [0, 0.1) is 5.41 Å². The van der Waals surface area contributed by atoms with Gasteiger partial charge in [0.1, 0.15) is 11.3 Å². The minimum atomic E-state index is -0.539. The largest absolute Gasteiger partial charge is 0.495 e. The van der Waals surface area contributed by atoms with Gasteiger partial charge >= 0.3 is 5.97 Å². The predicted molar refractivity (Wildman–Crippen MR) is 124 cm³/mol. The molecule has 0 saturated carbocycles. The van der Waals surface area contributed by atoms with Gasteiger partial charge in [0, 0.05) is 38.9 Å². The van der Waals surface area contributed by atoms with Gasteiger partial charge in [0.2, 0.25) is 0 Å². The van der Waals surface area contributed by atoms with Crippen molar-refractivity contribution in [2.24, 2.45) is 5.41 Å². The molecule has 7 heteroatoms. The van der Waals surface area contributed by atoms with E-state index in [-0.39, 0.29) is 41.9 Å². The lowest BCUT2D eigenvalue weighted by Crippen LogP contribution is -2.50. The Balaban J connectivity index is 2.02. The number of methoxy groups -OCH3 is 2. The van der Waals surface area contributed by atoms with Crippen LogP contribution in [0.1, 0.15) is 57.7 Å². The Morgan fingerprint density at radius 1 is 1.22 bits per heavy atom. The van der Waals surface area contributed by atoms with E-state index in [1.54, 1.807) is 27.3 Å². The third kappa shape index (κ3) is 4.93. The molecule has 32 heavy (non-hydrogen) atoms. The Morgan fingerprint density at radius 2 is 1.97 bits per heavy atom. The molecule has 2 atom stereocenters. The van der Waals surface area contributed by atoms with Crippen molar-refractivity contribution in [3.8, 4) is 5.75 Å². The van der Waals surface area contributed by atoms with Crippen LogP contribution < -0.4 is 10.1 Å². The highest BCUT2D eigenvalue weighted by Gasteiger charge is 2.43. The molecule has 3 rings (SSSR count). The maximum absolute atomic E-state index is 12.9. The van der Waals surface area contributed by atoms with Crippen LogP contribution in [-0.2, 0) is 25.5 Å². The van der Waals surface area contributed by atoms with Crippen molar-refractivity contribution < 1.29 is 23.8 Å². The molecule has 176 valence electrons. The van der Waals surface area contributed by atoms with Crippen LogP contribution in [-0.4, -0.2) is 56.7 Å². The Kier molecular flexibility index (Phi) is 7.49. The van der Waals surface area contributed by atoms with E-state index in [2.05, 4.69) is 37.1 Å². The van der Waals surface area contributed by atoms with Crippen molar-refractivity contribution in [2.45, 2.75) is 59.0 Å². The summed E-state index contributed by atoms with van der Waals surface area (Å²) in [4.78, 5) is 27.5. The number of rotatable bonds is 8. The summed E-state index contributed by atoms with van der Waals surface area (Å²) in [6.45, 7) is 10.1. The van der Waals surface area contributed by atoms with Crippen LogP contribution in [0.15, 0.2) is 23.9 Å². The molecular weight excluding hydrogens is 408 g/mol. The zero-order valence-corrected chi connectivity index (χ0v) is 20.1. The van der Waals surface area contributed by atoms with Crippen molar-refractivity contribution in [1.29, 1.82) is 0 Å². The molecule has 2 aliphatic rings. The van der Waals surface area contributed by atoms with E-state index >= 15 is 0 Å². The van der Waals surface area contributed by atoms with Gasteiger partial charge in [-0.25, -0.2) is 4.79 Å². The minimum Gasteiger partial charge on any atom is -0.495 e. The predicted octanol–water partition coefficient (Wildman–Crippen LogP) is 3.88. The monoisotopic (exact) mass is 444 g/mol. The highest BCUT2D eigenvalue weighted by atomic mass is 16.5. The van der Waals surface area contributed by atoms with E-state index in [4.69, 9.17) is 14.2 Å². The number of carbonyl (C=O) groups is 2. The highest BCUT2D eigenvalue weighted by molar-refractivity contribution is 6.17. The van der Waals surface area contributed by atoms with Crippen LogP contribution in [0.4, 0.5) is 5.69 Å². The van der Waals surface area contributed by atoms with Crippen molar-refractivity contribution in [2.75, 3.05) is 39.3 Å². The lowest BCUT2D eigenvalue weighted by Gasteiger charge is -2.50. The number of benzene rings is 1. The molecule has 0 saturated heterocycles. The molecule has 2 aliphatic heterocycles. The maximum atomic E-state index is 12.9. The van der Waals surface area contributed by atoms with Crippen molar-refractivity contribution in [3.63, 3.8) is 0 Å². The summed E-state index contributed by atoms with van der Waals surface area (Å²) in [6.07, 6.45) is 3.69. The van der Waals surface area contributed by atoms with Crippen LogP contribution in [0.2, 0.25) is 0 Å². The zero-order chi connectivity index (χ0) is 23.5. The molecule has 0 radical (unpaired) electrons. The lowest BCUT2D eigenvalue weighted by atomic mass is 9.74. The number of Topliss-reactive ketones (excluding diaryl/α,β-unsaturated/α-hetero) is 1. The highest BCUT2D eigenvalue weighted by Crippen LogP contribution is 2.46. The average Bonchev–Trinajstić information content (AvgIpc) is 2.74. The lowest BCUT2D eigenvalue weighted by molar-refractivity contribution is -0.140. The van der Waals surface area contributed by atoms with E-state index in [0.29, 0.717) is 6.61 Å². The summed E-state index contributed by atoms with van der Waals surface area (Å²) in [5.74, 6) is 0.0384. The van der Waals surface area contributed by atoms with Crippen molar-refractivity contribution in [3.05, 3.63) is 35.0 Å². The van der Waals surface area contributed by atoms with Crippen LogP contribution >= 0.6 is 0 Å². The maximum Gasteiger partial charge on any atom is 0.343 e. The Labute approximate surface area is 191 Å². The SMILES string of the molecule is CCOC(=O)C1=CN2C(CC1=O)c1cc(OC)c(NCCCOC)cc1CC2C(C)(C)C. The standard InChI is InChI=1S/C25H36N2O5/c1-7-32-24(29)18-15-27-20(14-21(18)28)17-13-22(31-6)19(26-9-8-10-30-5)11-16(17)12-23(27)25(2,3)4/h11,13,15,20,23,26H,7-10,12,14H2,1-6H3. The van der Waals surface area contributed by atoms with Gasteiger partial charge < -0.3 is 24.4 Å². The molecule has 0 fully saturated rings. The van der Waals surface area contributed by atoms with Crippen LogP contribution in [0.3, 0.4) is 0 Å². The van der Waals surface area contributed by atoms with Crippen molar-refractivity contribution >= 4 is 17.4 Å². The first kappa shape index (κ1) is 24.1. The molecule has 1 aromatic carbocycles. The number of anilines is 1. The first-order valence-electron chi connectivity index (χ1n) is 11.3. The number of fused-ring (bicyclic) bond motifs is 3. The van der Waals surface area contributed by atoms with Gasteiger partial charge in [-0.2, -0.15) is 0 Å². The molecule has 0 spiro atoms. The molecule has 1 aromatic rings. The smallest absolute Gasteiger partial charge is 0.343 e. The molecule has 0 aliphatic carbocycles. The molecular formula is C25H36N2O5.